The molecule has 7 heterocycles. The highest BCUT2D eigenvalue weighted by Crippen LogP contribution is 2.41. The van der Waals surface area contributed by atoms with Crippen molar-refractivity contribution in [1.82, 2.24) is 44.3 Å². The largest absolute Gasteiger partial charge is 0.461 e. The van der Waals surface area contributed by atoms with Gasteiger partial charge < -0.3 is 14.4 Å². The number of benzene rings is 1. The Balaban J connectivity index is 1.20. The first-order valence-corrected chi connectivity index (χ1v) is 23.6. The van der Waals surface area contributed by atoms with Gasteiger partial charge in [-0.2, -0.15) is 23.1 Å². The van der Waals surface area contributed by atoms with Crippen LogP contribution in [0, 0.1) is 19.7 Å². The lowest BCUT2D eigenvalue weighted by atomic mass is 9.90. The summed E-state index contributed by atoms with van der Waals surface area (Å²) in [5, 5.41) is 9.35. The second kappa shape index (κ2) is 13.2. The molecule has 4 aliphatic rings. The first-order chi connectivity index (χ1) is 24.8. The molecule has 4 aromatic rings. The van der Waals surface area contributed by atoms with Crippen molar-refractivity contribution in [2.75, 3.05) is 50.8 Å². The summed E-state index contributed by atoms with van der Waals surface area (Å²) in [4.78, 5) is 18.9. The third-order valence-electron chi connectivity index (χ3n) is 11.5. The predicted octanol–water partition coefficient (Wildman–Crippen LogP) is 4.29. The molecule has 0 saturated carbocycles. The zero-order valence-electron chi connectivity index (χ0n) is 30.8. The fraction of sp³-hybridized carbons (Fsp3) is 0.629. The fourth-order valence-corrected chi connectivity index (χ4v) is 10.6. The standard InChI is InChI=1S/C35H49FN10O4SSi/c1-23-17-26-30(41-43-46(26)22-49-15-16-52(3,4)5)27(24(23)2)31-28(36)29-25(18-37-31)32(44-12-6-9-34(20-44)19-38-51(47,48)42-34)40-33(39-29)50-21-35-10-7-13-45(35)14-8-11-35/h17-18,38,42H,6-16,19-22H2,1-5H3. The summed E-state index contributed by atoms with van der Waals surface area (Å²) in [7, 11) is -4.86. The Labute approximate surface area is 305 Å². The van der Waals surface area contributed by atoms with Crippen LogP contribution in [0.25, 0.3) is 33.2 Å². The fourth-order valence-electron chi connectivity index (χ4n) is 8.54. The van der Waals surface area contributed by atoms with E-state index in [1.54, 1.807) is 10.9 Å². The van der Waals surface area contributed by atoms with E-state index in [-0.39, 0.29) is 36.0 Å². The molecule has 14 nitrogen and oxygen atoms in total. The van der Waals surface area contributed by atoms with Crippen molar-refractivity contribution in [3.63, 3.8) is 0 Å². The van der Waals surface area contributed by atoms with Crippen molar-refractivity contribution in [2.45, 2.75) is 95.9 Å². The number of pyridine rings is 1. The molecule has 0 bridgehead atoms. The van der Waals surface area contributed by atoms with E-state index in [0.29, 0.717) is 55.0 Å². The lowest BCUT2D eigenvalue weighted by Crippen LogP contribution is -2.56. The molecule has 4 saturated heterocycles. The average molecular weight is 753 g/mol. The van der Waals surface area contributed by atoms with Crippen LogP contribution >= 0.6 is 0 Å². The Morgan fingerprint density at radius 2 is 1.81 bits per heavy atom. The smallest absolute Gasteiger partial charge is 0.319 e. The summed E-state index contributed by atoms with van der Waals surface area (Å²) in [6.07, 6.45) is 7.35. The summed E-state index contributed by atoms with van der Waals surface area (Å²) in [6, 6.07) is 3.15. The van der Waals surface area contributed by atoms with Gasteiger partial charge in [0, 0.05) is 46.1 Å². The van der Waals surface area contributed by atoms with Gasteiger partial charge in [-0.3, -0.25) is 9.88 Å². The normalized spacial score (nSPS) is 23.0. The molecule has 17 heteroatoms. The number of halogens is 1. The van der Waals surface area contributed by atoms with Crippen LogP contribution in [0.3, 0.4) is 0 Å². The summed E-state index contributed by atoms with van der Waals surface area (Å²) in [6.45, 7) is 15.5. The molecule has 1 aromatic carbocycles. The Morgan fingerprint density at radius 3 is 2.54 bits per heavy atom. The number of nitrogens with zero attached hydrogens (tertiary/aromatic N) is 8. The molecule has 0 radical (unpaired) electrons. The van der Waals surface area contributed by atoms with Gasteiger partial charge in [0.1, 0.15) is 35.9 Å². The minimum absolute atomic E-state index is 0.0576. The van der Waals surface area contributed by atoms with Crippen LogP contribution in [-0.2, 0) is 21.7 Å². The van der Waals surface area contributed by atoms with Crippen LogP contribution in [0.5, 0.6) is 6.01 Å². The van der Waals surface area contributed by atoms with Gasteiger partial charge in [-0.1, -0.05) is 24.9 Å². The monoisotopic (exact) mass is 752 g/mol. The third kappa shape index (κ3) is 6.57. The maximum atomic E-state index is 17.2. The van der Waals surface area contributed by atoms with Crippen molar-refractivity contribution in [2.24, 2.45) is 0 Å². The van der Waals surface area contributed by atoms with Gasteiger partial charge >= 0.3 is 6.01 Å². The van der Waals surface area contributed by atoms with Crippen LogP contribution in [0.15, 0.2) is 12.3 Å². The molecule has 0 aliphatic carbocycles. The minimum Gasteiger partial charge on any atom is -0.461 e. The molecule has 1 atom stereocenters. The SMILES string of the molecule is Cc1cc2c(nnn2COCC[Si](C)(C)C)c(-c2ncc3c(N4CCCC5(CNS(=O)(=O)N5)C4)nc(OCC45CCCN4CCC5)nc3c2F)c1C. The van der Waals surface area contributed by atoms with Crippen molar-refractivity contribution >= 4 is 46.0 Å². The van der Waals surface area contributed by atoms with Gasteiger partial charge in [0.15, 0.2) is 5.82 Å². The van der Waals surface area contributed by atoms with Gasteiger partial charge in [0.05, 0.1) is 22.0 Å². The first-order valence-electron chi connectivity index (χ1n) is 18.4. The van der Waals surface area contributed by atoms with Crippen LogP contribution in [-0.4, -0.2) is 108 Å². The number of piperidine rings is 1. The van der Waals surface area contributed by atoms with Crippen molar-refractivity contribution < 1.29 is 22.3 Å². The Hall–Kier alpha value is -3.35. The van der Waals surface area contributed by atoms with E-state index in [1.165, 1.54) is 0 Å². The molecular weight excluding hydrogens is 704 g/mol. The lowest BCUT2D eigenvalue weighted by molar-refractivity contribution is 0.0803. The molecule has 1 spiro atoms. The Morgan fingerprint density at radius 1 is 1.04 bits per heavy atom. The molecule has 280 valence electrons. The average Bonchev–Trinajstić information content (AvgIpc) is 3.85. The Bertz CT molecular complexity index is 2130. The van der Waals surface area contributed by atoms with Crippen molar-refractivity contribution in [3.05, 3.63) is 29.2 Å². The molecule has 2 N–H and O–H groups in total. The number of hydrogen-bond acceptors (Lipinski definition) is 11. The van der Waals surface area contributed by atoms with E-state index in [2.05, 4.69) is 44.3 Å². The van der Waals surface area contributed by atoms with E-state index in [0.717, 1.165) is 67.9 Å². The second-order valence-corrected chi connectivity index (χ2v) is 23.6. The quantitative estimate of drug-likeness (QED) is 0.176. The summed E-state index contributed by atoms with van der Waals surface area (Å²) >= 11 is 0. The van der Waals surface area contributed by atoms with Gasteiger partial charge in [-0.15, -0.1) is 5.10 Å². The highest BCUT2D eigenvalue weighted by molar-refractivity contribution is 7.87. The molecule has 8 rings (SSSR count). The molecule has 0 amide bonds. The highest BCUT2D eigenvalue weighted by atomic mass is 32.2. The van der Waals surface area contributed by atoms with Crippen LogP contribution in [0.2, 0.25) is 25.7 Å². The number of aryl methyl sites for hydroxylation is 1. The number of nitrogens with one attached hydrogen (secondary N) is 2. The Kier molecular flexibility index (Phi) is 9.05. The molecule has 1 unspecified atom stereocenters. The van der Waals surface area contributed by atoms with Crippen molar-refractivity contribution in [1.29, 1.82) is 0 Å². The molecule has 4 aliphatic heterocycles. The van der Waals surface area contributed by atoms with E-state index < -0.39 is 29.6 Å². The molecular formula is C35H49FN10O4SSi. The number of anilines is 1. The molecule has 52 heavy (non-hydrogen) atoms. The summed E-state index contributed by atoms with van der Waals surface area (Å²) in [5.41, 5.74) is 3.08. The summed E-state index contributed by atoms with van der Waals surface area (Å²) in [5.74, 6) is -0.124. The third-order valence-corrected chi connectivity index (χ3v) is 14.5. The summed E-state index contributed by atoms with van der Waals surface area (Å²) < 4.78 is 61.6. The number of fused-ring (bicyclic) bond motifs is 3. The van der Waals surface area contributed by atoms with E-state index in [9.17, 15) is 8.42 Å². The zero-order chi connectivity index (χ0) is 36.5. The minimum atomic E-state index is -3.60. The topological polar surface area (TPSA) is 153 Å². The van der Waals surface area contributed by atoms with Crippen LogP contribution < -0.4 is 19.1 Å². The first kappa shape index (κ1) is 35.7. The predicted molar refractivity (Wildman–Crippen MR) is 200 cm³/mol. The number of aromatic nitrogens is 6. The lowest BCUT2D eigenvalue weighted by Gasteiger charge is -2.40. The van der Waals surface area contributed by atoms with Gasteiger partial charge in [-0.25, -0.2) is 13.8 Å². The molecule has 3 aromatic heterocycles. The second-order valence-electron chi connectivity index (χ2n) is 16.5. The number of ether oxygens (including phenoxy) is 2. The maximum absolute atomic E-state index is 17.2. The highest BCUT2D eigenvalue weighted by Gasteiger charge is 2.46. The number of rotatable bonds is 10. The van der Waals surface area contributed by atoms with Crippen LogP contribution in [0.1, 0.15) is 49.7 Å². The van der Waals surface area contributed by atoms with E-state index >= 15 is 4.39 Å². The van der Waals surface area contributed by atoms with Gasteiger partial charge in [-0.05, 0) is 88.7 Å². The van der Waals surface area contributed by atoms with Crippen molar-refractivity contribution in [3.8, 4) is 17.3 Å². The van der Waals surface area contributed by atoms with Crippen LogP contribution in [0.4, 0.5) is 10.2 Å². The number of hydrogen-bond donors (Lipinski definition) is 2. The maximum Gasteiger partial charge on any atom is 0.319 e. The van der Waals surface area contributed by atoms with E-state index in [1.807, 2.05) is 24.8 Å². The van der Waals surface area contributed by atoms with Gasteiger partial charge in [0.2, 0.25) is 0 Å². The zero-order valence-corrected chi connectivity index (χ0v) is 32.6. The van der Waals surface area contributed by atoms with E-state index in [4.69, 9.17) is 24.4 Å². The van der Waals surface area contributed by atoms with Gasteiger partial charge in [0.25, 0.3) is 10.2 Å². The molecule has 4 fully saturated rings.